The summed E-state index contributed by atoms with van der Waals surface area (Å²) in [5.41, 5.74) is 0.0216. The SMILES string of the molecule is O=C(O)c1cnc(Cl)nc1NCC1CCOC1. The molecule has 1 saturated heterocycles. The number of hydrogen-bond donors (Lipinski definition) is 2. The first-order chi connectivity index (χ1) is 8.16. The second-order valence-corrected chi connectivity index (χ2v) is 4.16. The zero-order valence-corrected chi connectivity index (χ0v) is 9.78. The van der Waals surface area contributed by atoms with Gasteiger partial charge in [-0.2, -0.15) is 4.98 Å². The predicted octanol–water partition coefficient (Wildman–Crippen LogP) is 1.28. The molecular weight excluding hydrogens is 246 g/mol. The summed E-state index contributed by atoms with van der Waals surface area (Å²) in [6, 6.07) is 0. The normalized spacial score (nSPS) is 19.2. The van der Waals surface area contributed by atoms with Gasteiger partial charge in [-0.3, -0.25) is 0 Å². The summed E-state index contributed by atoms with van der Waals surface area (Å²) < 4.78 is 5.23. The van der Waals surface area contributed by atoms with Crippen LogP contribution in [0.25, 0.3) is 0 Å². The van der Waals surface area contributed by atoms with E-state index >= 15 is 0 Å². The Morgan fingerprint density at radius 2 is 2.53 bits per heavy atom. The molecule has 1 aliphatic rings. The number of ether oxygens (including phenoxy) is 1. The Hall–Kier alpha value is -1.40. The average Bonchev–Trinajstić information content (AvgIpc) is 2.78. The minimum Gasteiger partial charge on any atom is -0.477 e. The van der Waals surface area contributed by atoms with Crippen LogP contribution in [0.1, 0.15) is 16.8 Å². The molecule has 7 heteroatoms. The zero-order valence-electron chi connectivity index (χ0n) is 9.02. The van der Waals surface area contributed by atoms with Crippen LogP contribution in [-0.4, -0.2) is 40.8 Å². The number of nitrogens with zero attached hydrogens (tertiary/aromatic N) is 2. The highest BCUT2D eigenvalue weighted by molar-refractivity contribution is 6.28. The van der Waals surface area contributed by atoms with Crippen LogP contribution in [0.4, 0.5) is 5.82 Å². The lowest BCUT2D eigenvalue weighted by atomic mass is 10.1. The zero-order chi connectivity index (χ0) is 12.3. The highest BCUT2D eigenvalue weighted by atomic mass is 35.5. The molecule has 2 heterocycles. The summed E-state index contributed by atoms with van der Waals surface area (Å²) in [4.78, 5) is 18.5. The van der Waals surface area contributed by atoms with Crippen LogP contribution in [0.2, 0.25) is 5.28 Å². The van der Waals surface area contributed by atoms with E-state index in [1.54, 1.807) is 0 Å². The molecule has 0 spiro atoms. The molecule has 0 aliphatic carbocycles. The van der Waals surface area contributed by atoms with Gasteiger partial charge in [0.25, 0.3) is 0 Å². The molecule has 1 aliphatic heterocycles. The van der Waals surface area contributed by atoms with Crippen molar-refractivity contribution in [2.24, 2.45) is 5.92 Å². The summed E-state index contributed by atoms with van der Waals surface area (Å²) in [6.45, 7) is 2.06. The van der Waals surface area contributed by atoms with Crippen LogP contribution in [0.3, 0.4) is 0 Å². The van der Waals surface area contributed by atoms with Gasteiger partial charge in [0.15, 0.2) is 0 Å². The fraction of sp³-hybridized carbons (Fsp3) is 0.500. The third-order valence-electron chi connectivity index (χ3n) is 2.57. The number of rotatable bonds is 4. The summed E-state index contributed by atoms with van der Waals surface area (Å²) in [6.07, 6.45) is 2.17. The van der Waals surface area contributed by atoms with Crippen molar-refractivity contribution in [3.63, 3.8) is 0 Å². The van der Waals surface area contributed by atoms with E-state index in [4.69, 9.17) is 21.4 Å². The molecule has 2 N–H and O–H groups in total. The molecule has 2 rings (SSSR count). The smallest absolute Gasteiger partial charge is 0.341 e. The number of anilines is 1. The topological polar surface area (TPSA) is 84.3 Å². The van der Waals surface area contributed by atoms with Crippen molar-refractivity contribution in [1.29, 1.82) is 0 Å². The lowest BCUT2D eigenvalue weighted by Gasteiger charge is -2.11. The van der Waals surface area contributed by atoms with Gasteiger partial charge in [0.05, 0.1) is 6.61 Å². The third-order valence-corrected chi connectivity index (χ3v) is 2.75. The van der Waals surface area contributed by atoms with Crippen molar-refractivity contribution in [2.45, 2.75) is 6.42 Å². The van der Waals surface area contributed by atoms with Crippen molar-refractivity contribution >= 4 is 23.4 Å². The van der Waals surface area contributed by atoms with Gasteiger partial charge >= 0.3 is 5.97 Å². The number of carbonyl (C=O) groups is 1. The van der Waals surface area contributed by atoms with Gasteiger partial charge in [0.1, 0.15) is 11.4 Å². The lowest BCUT2D eigenvalue weighted by Crippen LogP contribution is -2.17. The van der Waals surface area contributed by atoms with Crippen LogP contribution in [0.15, 0.2) is 6.20 Å². The first-order valence-electron chi connectivity index (χ1n) is 5.24. The molecule has 6 nitrogen and oxygen atoms in total. The quantitative estimate of drug-likeness (QED) is 0.791. The number of aromatic nitrogens is 2. The minimum atomic E-state index is -1.08. The largest absolute Gasteiger partial charge is 0.477 e. The highest BCUT2D eigenvalue weighted by Crippen LogP contribution is 2.17. The Labute approximate surface area is 103 Å². The fourth-order valence-electron chi connectivity index (χ4n) is 1.64. The van der Waals surface area contributed by atoms with Gasteiger partial charge in [-0.05, 0) is 18.0 Å². The van der Waals surface area contributed by atoms with Gasteiger partial charge in [0, 0.05) is 25.3 Å². The van der Waals surface area contributed by atoms with Crippen molar-refractivity contribution in [2.75, 3.05) is 25.1 Å². The van der Waals surface area contributed by atoms with Crippen molar-refractivity contribution in [3.8, 4) is 0 Å². The highest BCUT2D eigenvalue weighted by Gasteiger charge is 2.18. The first-order valence-corrected chi connectivity index (χ1v) is 5.62. The molecule has 0 aromatic carbocycles. The van der Waals surface area contributed by atoms with Crippen molar-refractivity contribution in [3.05, 3.63) is 17.0 Å². The van der Waals surface area contributed by atoms with E-state index in [2.05, 4.69) is 15.3 Å². The van der Waals surface area contributed by atoms with E-state index in [9.17, 15) is 4.79 Å². The molecule has 1 aromatic rings. The molecular formula is C10H12ClN3O3. The monoisotopic (exact) mass is 257 g/mol. The van der Waals surface area contributed by atoms with E-state index in [1.807, 2.05) is 0 Å². The molecule has 1 fully saturated rings. The van der Waals surface area contributed by atoms with Crippen molar-refractivity contribution < 1.29 is 14.6 Å². The summed E-state index contributed by atoms with van der Waals surface area (Å²) in [7, 11) is 0. The summed E-state index contributed by atoms with van der Waals surface area (Å²) in [5, 5.41) is 12.0. The van der Waals surface area contributed by atoms with Gasteiger partial charge in [-0.15, -0.1) is 0 Å². The molecule has 0 amide bonds. The van der Waals surface area contributed by atoms with Gasteiger partial charge in [-0.1, -0.05) is 0 Å². The van der Waals surface area contributed by atoms with E-state index in [1.165, 1.54) is 6.20 Å². The first kappa shape index (κ1) is 12.1. The second-order valence-electron chi connectivity index (χ2n) is 3.82. The average molecular weight is 258 g/mol. The number of carboxylic acids is 1. The third kappa shape index (κ3) is 3.04. The lowest BCUT2D eigenvalue weighted by molar-refractivity contribution is 0.0697. The number of nitrogens with one attached hydrogen (secondary N) is 1. The Kier molecular flexibility index (Phi) is 3.75. The molecule has 0 bridgehead atoms. The van der Waals surface area contributed by atoms with Crippen LogP contribution in [0, 0.1) is 5.92 Å². The molecule has 92 valence electrons. The van der Waals surface area contributed by atoms with E-state index in [0.29, 0.717) is 19.1 Å². The molecule has 0 saturated carbocycles. The number of halogens is 1. The standard InChI is InChI=1S/C10H12ClN3O3/c11-10-13-4-7(9(15)16)8(14-10)12-3-6-1-2-17-5-6/h4,6H,1-3,5H2,(H,15,16)(H,12,13,14). The Morgan fingerprint density at radius 1 is 1.71 bits per heavy atom. The molecule has 1 unspecified atom stereocenters. The molecule has 1 atom stereocenters. The van der Waals surface area contributed by atoms with Gasteiger partial charge in [0.2, 0.25) is 5.28 Å². The van der Waals surface area contributed by atoms with E-state index in [0.717, 1.165) is 13.0 Å². The van der Waals surface area contributed by atoms with Gasteiger partial charge in [-0.25, -0.2) is 9.78 Å². The second kappa shape index (κ2) is 5.29. The maximum atomic E-state index is 10.9. The predicted molar refractivity (Wildman–Crippen MR) is 61.4 cm³/mol. The van der Waals surface area contributed by atoms with Crippen LogP contribution < -0.4 is 5.32 Å². The van der Waals surface area contributed by atoms with E-state index < -0.39 is 5.97 Å². The minimum absolute atomic E-state index is 0.0216. The number of hydrogen-bond acceptors (Lipinski definition) is 5. The molecule has 1 aromatic heterocycles. The van der Waals surface area contributed by atoms with E-state index in [-0.39, 0.29) is 16.7 Å². The van der Waals surface area contributed by atoms with Crippen LogP contribution in [-0.2, 0) is 4.74 Å². The Balaban J connectivity index is 2.07. The maximum Gasteiger partial charge on any atom is 0.341 e. The Morgan fingerprint density at radius 3 is 3.18 bits per heavy atom. The van der Waals surface area contributed by atoms with Crippen LogP contribution >= 0.6 is 11.6 Å². The maximum absolute atomic E-state index is 10.9. The molecule has 17 heavy (non-hydrogen) atoms. The number of aromatic carboxylic acids is 1. The van der Waals surface area contributed by atoms with Crippen LogP contribution in [0.5, 0.6) is 0 Å². The number of carboxylic acid groups (broad SMARTS) is 1. The van der Waals surface area contributed by atoms with Crippen molar-refractivity contribution in [1.82, 2.24) is 9.97 Å². The summed E-state index contributed by atoms with van der Waals surface area (Å²) in [5.74, 6) is -0.443. The Bertz CT molecular complexity index is 421. The van der Waals surface area contributed by atoms with Gasteiger partial charge < -0.3 is 15.2 Å². The summed E-state index contributed by atoms with van der Waals surface area (Å²) >= 11 is 5.64. The fourth-order valence-corrected chi connectivity index (χ4v) is 1.77. The molecule has 0 radical (unpaired) electrons.